The van der Waals surface area contributed by atoms with E-state index in [0.717, 1.165) is 38.5 Å². The molecule has 3 N–H and O–H groups in total. The van der Waals surface area contributed by atoms with Crippen molar-refractivity contribution >= 4 is 11.9 Å². The number of hydrogen-bond acceptors (Lipinski definition) is 5. The topological polar surface area (TPSA) is 95.9 Å². The molecule has 0 saturated heterocycles. The lowest BCUT2D eigenvalue weighted by molar-refractivity contribution is -0.143. The lowest BCUT2D eigenvalue weighted by Gasteiger charge is -2.20. The number of rotatable bonds is 85. The molecule has 2 atom stereocenters. The quantitative estimate of drug-likeness (QED) is 0.0320. The Hall–Kier alpha value is -1.66. The maximum atomic E-state index is 12.6. The number of nitrogens with one attached hydrogen (secondary N) is 1. The molecule has 96 heavy (non-hydrogen) atoms. The van der Waals surface area contributed by atoms with E-state index in [0.29, 0.717) is 19.4 Å². The van der Waals surface area contributed by atoms with E-state index in [1.165, 1.54) is 449 Å². The van der Waals surface area contributed by atoms with Crippen LogP contribution in [0.2, 0.25) is 0 Å². The molecule has 2 unspecified atom stereocenters. The van der Waals surface area contributed by atoms with Gasteiger partial charge in [0.05, 0.1) is 25.4 Å². The van der Waals surface area contributed by atoms with Crippen LogP contribution in [0.25, 0.3) is 0 Å². The second-order valence-corrected chi connectivity index (χ2v) is 30.9. The molecule has 0 saturated carbocycles. The summed E-state index contributed by atoms with van der Waals surface area (Å²) in [6.45, 7) is 4.96. The second-order valence-electron chi connectivity index (χ2n) is 30.9. The van der Waals surface area contributed by atoms with Crippen LogP contribution >= 0.6 is 0 Å². The van der Waals surface area contributed by atoms with Gasteiger partial charge in [-0.1, -0.05) is 468 Å². The van der Waals surface area contributed by atoms with Crippen molar-refractivity contribution in [3.63, 3.8) is 0 Å². The fourth-order valence-electron chi connectivity index (χ4n) is 14.5. The lowest BCUT2D eigenvalue weighted by Crippen LogP contribution is -2.45. The summed E-state index contributed by atoms with van der Waals surface area (Å²) in [6.07, 6.45) is 112. The van der Waals surface area contributed by atoms with Gasteiger partial charge in [0, 0.05) is 12.8 Å². The molecular formula is C90H175NO5. The maximum Gasteiger partial charge on any atom is 0.305 e. The number of esters is 1. The van der Waals surface area contributed by atoms with Crippen LogP contribution in [-0.2, 0) is 14.3 Å². The average Bonchev–Trinajstić information content (AvgIpc) is 2.81. The Labute approximate surface area is 602 Å². The fourth-order valence-corrected chi connectivity index (χ4v) is 14.5. The summed E-state index contributed by atoms with van der Waals surface area (Å²) in [5.74, 6) is -0.0350. The van der Waals surface area contributed by atoms with Crippen LogP contribution in [-0.4, -0.2) is 47.4 Å². The van der Waals surface area contributed by atoms with Crippen LogP contribution in [0.1, 0.15) is 515 Å². The molecule has 0 heterocycles. The van der Waals surface area contributed by atoms with E-state index < -0.39 is 12.1 Å². The Kier molecular flexibility index (Phi) is 84.3. The Morgan fingerprint density at radius 2 is 0.490 bits per heavy atom. The Balaban J connectivity index is 3.32. The third-order valence-corrected chi connectivity index (χ3v) is 21.2. The van der Waals surface area contributed by atoms with Gasteiger partial charge >= 0.3 is 5.97 Å². The van der Waals surface area contributed by atoms with Crippen LogP contribution in [0.5, 0.6) is 0 Å². The van der Waals surface area contributed by atoms with Gasteiger partial charge in [-0.2, -0.15) is 0 Å². The zero-order valence-electron chi connectivity index (χ0n) is 65.7. The summed E-state index contributed by atoms with van der Waals surface area (Å²) in [7, 11) is 0. The van der Waals surface area contributed by atoms with Gasteiger partial charge in [0.25, 0.3) is 0 Å². The van der Waals surface area contributed by atoms with Crippen molar-refractivity contribution in [2.75, 3.05) is 13.2 Å². The first kappa shape index (κ1) is 94.3. The smallest absolute Gasteiger partial charge is 0.305 e. The normalized spacial score (nSPS) is 12.5. The molecule has 0 aromatic carbocycles. The molecule has 0 aliphatic rings. The van der Waals surface area contributed by atoms with Crippen LogP contribution < -0.4 is 5.32 Å². The number of aliphatic hydroxyl groups is 2. The molecular weight excluding hydrogens is 1170 g/mol. The number of carbonyl (C=O) groups excluding carboxylic acids is 2. The first-order valence-corrected chi connectivity index (χ1v) is 44.6. The third-order valence-electron chi connectivity index (χ3n) is 21.2. The predicted molar refractivity (Wildman–Crippen MR) is 426 cm³/mol. The first-order valence-electron chi connectivity index (χ1n) is 44.6. The summed E-state index contributed by atoms with van der Waals surface area (Å²) in [6, 6.07) is -0.625. The minimum atomic E-state index is -0.842. The molecule has 0 aromatic heterocycles. The number of unbranched alkanes of at least 4 members (excludes halogenated alkanes) is 72. The Morgan fingerprint density at radius 3 is 0.740 bits per heavy atom. The standard InChI is InChI=1S/C90H175NO5/c1-3-5-7-9-11-13-15-17-19-21-22-23-24-38-41-44-47-51-54-58-62-66-70-74-78-82-88(93)87(86-92)91-89(94)83-79-75-71-67-63-59-55-52-48-45-42-39-36-34-32-30-28-26-25-27-29-31-33-35-37-40-43-46-49-53-57-61-65-69-73-77-81-85-96-90(95)84-80-76-72-68-64-60-56-50-20-18-16-14-12-10-8-6-4-2/h18,20,78,82,87-88,92-93H,3-17,19,21-77,79-81,83-86H2,1-2H3,(H,91,94)/b20-18-,82-78+. The van der Waals surface area contributed by atoms with Gasteiger partial charge in [-0.15, -0.1) is 0 Å². The van der Waals surface area contributed by atoms with Gasteiger partial charge in [0.15, 0.2) is 0 Å². The lowest BCUT2D eigenvalue weighted by atomic mass is 10.0. The molecule has 570 valence electrons. The van der Waals surface area contributed by atoms with E-state index >= 15 is 0 Å². The minimum absolute atomic E-state index is 0.0211. The van der Waals surface area contributed by atoms with E-state index in [-0.39, 0.29) is 18.5 Å². The number of amides is 1. The van der Waals surface area contributed by atoms with Gasteiger partial charge in [-0.25, -0.2) is 0 Å². The third kappa shape index (κ3) is 81.3. The van der Waals surface area contributed by atoms with Crippen LogP contribution in [0, 0.1) is 0 Å². The second kappa shape index (κ2) is 85.8. The highest BCUT2D eigenvalue weighted by Gasteiger charge is 2.18. The van der Waals surface area contributed by atoms with Crippen molar-refractivity contribution < 1.29 is 24.5 Å². The van der Waals surface area contributed by atoms with E-state index in [4.69, 9.17) is 4.74 Å². The van der Waals surface area contributed by atoms with Crippen LogP contribution in [0.15, 0.2) is 24.3 Å². The van der Waals surface area contributed by atoms with E-state index in [9.17, 15) is 19.8 Å². The van der Waals surface area contributed by atoms with Crippen molar-refractivity contribution in [1.82, 2.24) is 5.32 Å². The molecule has 0 bridgehead atoms. The minimum Gasteiger partial charge on any atom is -0.466 e. The number of ether oxygens (including phenoxy) is 1. The van der Waals surface area contributed by atoms with Crippen LogP contribution in [0.4, 0.5) is 0 Å². The molecule has 0 aliphatic carbocycles. The highest BCUT2D eigenvalue weighted by molar-refractivity contribution is 5.76. The monoisotopic (exact) mass is 1350 g/mol. The number of carbonyl (C=O) groups is 2. The first-order chi connectivity index (χ1) is 47.5. The molecule has 0 spiro atoms. The van der Waals surface area contributed by atoms with Crippen molar-refractivity contribution in [2.24, 2.45) is 0 Å². The molecule has 6 heteroatoms. The van der Waals surface area contributed by atoms with Crippen LogP contribution in [0.3, 0.4) is 0 Å². The average molecular weight is 1350 g/mol. The predicted octanol–water partition coefficient (Wildman–Crippen LogP) is 29.9. The van der Waals surface area contributed by atoms with Crippen molar-refractivity contribution in [2.45, 2.75) is 527 Å². The van der Waals surface area contributed by atoms with Crippen molar-refractivity contribution in [1.29, 1.82) is 0 Å². The maximum absolute atomic E-state index is 12.6. The number of hydrogen-bond donors (Lipinski definition) is 3. The summed E-state index contributed by atoms with van der Waals surface area (Å²) < 4.78 is 5.52. The van der Waals surface area contributed by atoms with Gasteiger partial charge in [0.1, 0.15) is 0 Å². The van der Waals surface area contributed by atoms with Crippen molar-refractivity contribution in [3.8, 4) is 0 Å². The van der Waals surface area contributed by atoms with E-state index in [1.807, 2.05) is 6.08 Å². The summed E-state index contributed by atoms with van der Waals surface area (Å²) in [4.78, 5) is 24.7. The molecule has 1 amide bonds. The SMILES string of the molecule is CCCCCCCC/C=C\CCCCCCCCCC(=O)OCCCCCCCCCCCCCCCCCCCCCCCCCCCCCCCCCCCCCCCC(=O)NC(CO)C(O)/C=C/CCCCCCCCCCCCCCCCCCCCCCCCC. The largest absolute Gasteiger partial charge is 0.466 e. The molecule has 0 rings (SSSR count). The summed E-state index contributed by atoms with van der Waals surface area (Å²) in [5, 5.41) is 23.4. The van der Waals surface area contributed by atoms with Gasteiger partial charge in [-0.05, 0) is 57.8 Å². The molecule has 0 aromatic rings. The molecule has 0 fully saturated rings. The van der Waals surface area contributed by atoms with Gasteiger partial charge < -0.3 is 20.3 Å². The summed E-state index contributed by atoms with van der Waals surface area (Å²) in [5.41, 5.74) is 0. The highest BCUT2D eigenvalue weighted by Crippen LogP contribution is 2.21. The Morgan fingerprint density at radius 1 is 0.281 bits per heavy atom. The molecule has 6 nitrogen and oxygen atoms in total. The van der Waals surface area contributed by atoms with Gasteiger partial charge in [-0.3, -0.25) is 9.59 Å². The van der Waals surface area contributed by atoms with Gasteiger partial charge in [0.2, 0.25) is 5.91 Å². The summed E-state index contributed by atoms with van der Waals surface area (Å²) >= 11 is 0. The highest BCUT2D eigenvalue weighted by atomic mass is 16.5. The fraction of sp³-hybridized carbons (Fsp3) is 0.933. The number of aliphatic hydroxyl groups excluding tert-OH is 2. The molecule has 0 radical (unpaired) electrons. The van der Waals surface area contributed by atoms with E-state index in [1.54, 1.807) is 6.08 Å². The molecule has 0 aliphatic heterocycles. The van der Waals surface area contributed by atoms with Crippen molar-refractivity contribution in [3.05, 3.63) is 24.3 Å². The zero-order valence-corrected chi connectivity index (χ0v) is 65.7. The van der Waals surface area contributed by atoms with E-state index in [2.05, 4.69) is 31.3 Å². The zero-order chi connectivity index (χ0) is 69.1. The number of allylic oxidation sites excluding steroid dienone is 3. The Bertz CT molecular complexity index is 1510.